The van der Waals surface area contributed by atoms with Gasteiger partial charge < -0.3 is 25.4 Å². The number of methoxy groups -OCH3 is 2. The lowest BCUT2D eigenvalue weighted by atomic mass is 10.0. The summed E-state index contributed by atoms with van der Waals surface area (Å²) in [5, 5.41) is 7.53. The summed E-state index contributed by atoms with van der Waals surface area (Å²) in [6.07, 6.45) is 4.34. The lowest BCUT2D eigenvalue weighted by molar-refractivity contribution is -0.125. The van der Waals surface area contributed by atoms with Crippen molar-refractivity contribution in [3.8, 4) is 11.5 Å². The number of aromatic nitrogens is 3. The second-order valence-electron chi connectivity index (χ2n) is 10.1. The second kappa shape index (κ2) is 11.1. The highest BCUT2D eigenvalue weighted by Gasteiger charge is 2.34. The van der Waals surface area contributed by atoms with Crippen LogP contribution in [0.2, 0.25) is 0 Å². The molecule has 1 atom stereocenters. The van der Waals surface area contributed by atoms with Gasteiger partial charge in [0.15, 0.2) is 28.9 Å². The number of hydrogen-bond donors (Lipinski definition) is 2. The molecule has 216 valence electrons. The van der Waals surface area contributed by atoms with Crippen LogP contribution in [0.4, 0.5) is 14.6 Å². The largest absolute Gasteiger partial charge is 0.494 e. The van der Waals surface area contributed by atoms with Gasteiger partial charge in [0.1, 0.15) is 11.5 Å². The Morgan fingerprint density at radius 1 is 1.17 bits per heavy atom. The van der Waals surface area contributed by atoms with Gasteiger partial charge in [0.05, 0.1) is 36.7 Å². The van der Waals surface area contributed by atoms with Crippen LogP contribution >= 0.6 is 0 Å². The summed E-state index contributed by atoms with van der Waals surface area (Å²) < 4.78 is 41.7. The molecule has 11 nitrogen and oxygen atoms in total. The molecule has 5 rings (SSSR count). The predicted octanol–water partition coefficient (Wildman–Crippen LogP) is 2.83. The van der Waals surface area contributed by atoms with Crippen LogP contribution in [0.3, 0.4) is 0 Å². The smallest absolute Gasteiger partial charge is 0.255 e. The number of benzene rings is 1. The number of ketones is 1. The van der Waals surface area contributed by atoms with E-state index in [1.807, 2.05) is 0 Å². The lowest BCUT2D eigenvalue weighted by Crippen LogP contribution is -2.28. The number of carbonyl (C=O) groups excluding carboxylic acids is 3. The number of carbonyl (C=O) groups is 3. The van der Waals surface area contributed by atoms with E-state index in [1.54, 1.807) is 4.90 Å². The van der Waals surface area contributed by atoms with Crippen LogP contribution in [-0.4, -0.2) is 71.1 Å². The maximum atomic E-state index is 15.1. The van der Waals surface area contributed by atoms with Gasteiger partial charge in [-0.1, -0.05) is 6.58 Å². The number of fused-ring (bicyclic) bond motifs is 1. The number of ether oxygens (including phenoxy) is 2. The average Bonchev–Trinajstić information content (AvgIpc) is 3.51. The lowest BCUT2D eigenvalue weighted by Gasteiger charge is -2.16. The fourth-order valence-electron chi connectivity index (χ4n) is 5.08. The highest BCUT2D eigenvalue weighted by molar-refractivity contribution is 6.15. The van der Waals surface area contributed by atoms with Crippen molar-refractivity contribution >= 4 is 34.3 Å². The molecule has 0 bridgehead atoms. The number of Topliss-reactive ketones (excluding diaryl/α,β-unsaturated/α-hetero) is 1. The molecule has 0 spiro atoms. The van der Waals surface area contributed by atoms with Crippen LogP contribution in [0.25, 0.3) is 10.9 Å². The summed E-state index contributed by atoms with van der Waals surface area (Å²) in [6, 6.07) is 0.637. The molecule has 1 aromatic carbocycles. The molecule has 2 fully saturated rings. The summed E-state index contributed by atoms with van der Waals surface area (Å²) in [4.78, 5) is 44.9. The zero-order valence-electron chi connectivity index (χ0n) is 22.7. The van der Waals surface area contributed by atoms with Gasteiger partial charge in [-0.3, -0.25) is 19.1 Å². The van der Waals surface area contributed by atoms with E-state index < -0.39 is 41.4 Å². The maximum absolute atomic E-state index is 15.1. The monoisotopic (exact) mass is 568 g/mol. The maximum Gasteiger partial charge on any atom is 0.255 e. The first-order valence-corrected chi connectivity index (χ1v) is 13.2. The number of halogens is 2. The molecular weight excluding hydrogens is 538 g/mol. The molecule has 1 saturated heterocycles. The minimum absolute atomic E-state index is 0.0745. The van der Waals surface area contributed by atoms with E-state index in [4.69, 9.17) is 15.2 Å². The standard InChI is InChI=1S/C28H30F2N6O5/c1-4-21(38)35-8-7-15(13-35)36-26-17(28(39)33-11-14-5-6-14)12-32-27(31)22(26)25(34-36)18(37)9-16-23(29)19(40-2)10-20(41-3)24(16)30/h4,10,12,14-15H,1,5-9,11,13H2,2-3H3,(H2,31,32)(H,33,39)/t15-/m0/s1. The van der Waals surface area contributed by atoms with Crippen molar-refractivity contribution in [1.82, 2.24) is 25.0 Å². The van der Waals surface area contributed by atoms with Crippen LogP contribution in [0.5, 0.6) is 11.5 Å². The van der Waals surface area contributed by atoms with Crippen LogP contribution < -0.4 is 20.5 Å². The number of likely N-dealkylation sites (tertiary alicyclic amines) is 1. The first-order chi connectivity index (χ1) is 19.7. The molecule has 3 aromatic rings. The van der Waals surface area contributed by atoms with E-state index in [-0.39, 0.29) is 51.9 Å². The summed E-state index contributed by atoms with van der Waals surface area (Å²) in [7, 11) is 2.42. The molecule has 0 radical (unpaired) electrons. The number of rotatable bonds is 10. The Balaban J connectivity index is 1.61. The first-order valence-electron chi connectivity index (χ1n) is 13.2. The Kier molecular flexibility index (Phi) is 7.61. The van der Waals surface area contributed by atoms with Gasteiger partial charge in [0.25, 0.3) is 5.91 Å². The molecule has 13 heteroatoms. The third-order valence-corrected chi connectivity index (χ3v) is 7.51. The van der Waals surface area contributed by atoms with Crippen molar-refractivity contribution in [3.05, 3.63) is 53.4 Å². The molecule has 2 aromatic heterocycles. The topological polar surface area (TPSA) is 142 Å². The van der Waals surface area contributed by atoms with Gasteiger partial charge >= 0.3 is 0 Å². The molecule has 1 aliphatic carbocycles. The quantitative estimate of drug-likeness (QED) is 0.281. The van der Waals surface area contributed by atoms with Crippen molar-refractivity contribution in [2.24, 2.45) is 5.92 Å². The van der Waals surface area contributed by atoms with Gasteiger partial charge in [-0.2, -0.15) is 5.10 Å². The third-order valence-electron chi connectivity index (χ3n) is 7.51. The van der Waals surface area contributed by atoms with Gasteiger partial charge in [-0.25, -0.2) is 13.8 Å². The predicted molar refractivity (Wildman–Crippen MR) is 145 cm³/mol. The van der Waals surface area contributed by atoms with E-state index in [0.717, 1.165) is 18.9 Å². The number of hydrogen-bond acceptors (Lipinski definition) is 8. The first kappa shape index (κ1) is 28.0. The van der Waals surface area contributed by atoms with Crippen molar-refractivity contribution in [2.45, 2.75) is 31.7 Å². The number of nitrogens with one attached hydrogen (secondary N) is 1. The summed E-state index contributed by atoms with van der Waals surface area (Å²) >= 11 is 0. The minimum Gasteiger partial charge on any atom is -0.494 e. The van der Waals surface area contributed by atoms with Crippen molar-refractivity contribution in [3.63, 3.8) is 0 Å². The highest BCUT2D eigenvalue weighted by atomic mass is 19.1. The number of nitrogens with zero attached hydrogens (tertiary/aromatic N) is 4. The molecule has 3 heterocycles. The van der Waals surface area contributed by atoms with E-state index in [9.17, 15) is 14.4 Å². The minimum atomic E-state index is -1.05. The van der Waals surface area contributed by atoms with E-state index >= 15 is 8.78 Å². The number of amides is 2. The normalized spacial score (nSPS) is 16.6. The summed E-state index contributed by atoms with van der Waals surface area (Å²) in [6.45, 7) is 4.68. The van der Waals surface area contributed by atoms with Crippen molar-refractivity contribution in [2.75, 3.05) is 39.6 Å². The van der Waals surface area contributed by atoms with E-state index in [2.05, 4.69) is 22.0 Å². The number of nitrogen functional groups attached to an aromatic ring is 1. The van der Waals surface area contributed by atoms with Gasteiger partial charge in [-0.05, 0) is 31.3 Å². The van der Waals surface area contributed by atoms with Crippen LogP contribution in [0.15, 0.2) is 24.9 Å². The number of anilines is 1. The van der Waals surface area contributed by atoms with Gasteiger partial charge in [0, 0.05) is 43.9 Å². The molecule has 3 N–H and O–H groups in total. The zero-order chi connectivity index (χ0) is 29.4. The Morgan fingerprint density at radius 3 is 2.46 bits per heavy atom. The number of nitrogens with two attached hydrogens (primary N) is 1. The Morgan fingerprint density at radius 2 is 1.85 bits per heavy atom. The molecular formula is C28H30F2N6O5. The molecule has 1 aliphatic heterocycles. The number of pyridine rings is 1. The van der Waals surface area contributed by atoms with Crippen LogP contribution in [0, 0.1) is 17.6 Å². The fourth-order valence-corrected chi connectivity index (χ4v) is 5.08. The highest BCUT2D eigenvalue weighted by Crippen LogP contribution is 2.35. The van der Waals surface area contributed by atoms with Gasteiger partial charge in [-0.15, -0.1) is 0 Å². The Hall–Kier alpha value is -4.55. The molecule has 41 heavy (non-hydrogen) atoms. The van der Waals surface area contributed by atoms with E-state index in [1.165, 1.54) is 31.2 Å². The van der Waals surface area contributed by atoms with Crippen molar-refractivity contribution < 1.29 is 32.6 Å². The molecule has 0 unspecified atom stereocenters. The van der Waals surface area contributed by atoms with E-state index in [0.29, 0.717) is 25.4 Å². The van der Waals surface area contributed by atoms with Gasteiger partial charge in [0.2, 0.25) is 5.91 Å². The summed E-state index contributed by atoms with van der Waals surface area (Å²) in [5.74, 6) is -3.80. The molecule has 1 saturated carbocycles. The second-order valence-corrected chi connectivity index (χ2v) is 10.1. The molecule has 2 aliphatic rings. The third kappa shape index (κ3) is 5.19. The molecule has 2 amide bonds. The van der Waals surface area contributed by atoms with Crippen molar-refractivity contribution in [1.29, 1.82) is 0 Å². The SMILES string of the molecule is C=CC(=O)N1CC[C@H](n2nc(C(=O)Cc3c(F)c(OC)cc(OC)c3F)c3c(N)ncc(C(=O)NCC4CC4)c32)C1. The summed E-state index contributed by atoms with van der Waals surface area (Å²) in [5.41, 5.74) is 5.88. The zero-order valence-corrected chi connectivity index (χ0v) is 22.7. The van der Waals surface area contributed by atoms with Crippen LogP contribution in [0.1, 0.15) is 51.7 Å². The Bertz CT molecular complexity index is 1540. The Labute approximate surface area is 234 Å². The van der Waals surface area contributed by atoms with Crippen LogP contribution in [-0.2, 0) is 11.2 Å². The fraction of sp³-hybridized carbons (Fsp3) is 0.393. The average molecular weight is 569 g/mol.